The molecule has 1 N–H and O–H groups in total. The van der Waals surface area contributed by atoms with E-state index >= 15 is 0 Å². The fraction of sp³-hybridized carbons (Fsp3) is 0.833. The van der Waals surface area contributed by atoms with Crippen LogP contribution in [-0.4, -0.2) is 40.4 Å². The fourth-order valence-electron chi connectivity index (χ4n) is 2.83. The Morgan fingerprint density at radius 3 is 2.56 bits per heavy atom. The highest BCUT2D eigenvalue weighted by Crippen LogP contribution is 2.35. The van der Waals surface area contributed by atoms with Gasteiger partial charge in [-0.3, -0.25) is 5.01 Å². The van der Waals surface area contributed by atoms with Gasteiger partial charge in [0.1, 0.15) is 5.66 Å². The van der Waals surface area contributed by atoms with Crippen LogP contribution in [0.3, 0.4) is 0 Å². The number of carbonyl (C=O) groups excluding carboxylic acids is 1. The summed E-state index contributed by atoms with van der Waals surface area (Å²) in [5, 5.41) is 2.27. The number of thiocarbonyl (C=S) groups is 1. The van der Waals surface area contributed by atoms with Crippen LogP contribution in [0.25, 0.3) is 0 Å². The molecule has 0 bridgehead atoms. The minimum atomic E-state index is -0.366. The third-order valence-corrected chi connectivity index (χ3v) is 4.12. The van der Waals surface area contributed by atoms with Crippen LogP contribution >= 0.6 is 12.2 Å². The smallest absolute Gasteiger partial charge is 0.417 e. The molecular formula is C12H21N3O2S. The second kappa shape index (κ2) is 5.40. The molecular weight excluding hydrogens is 250 g/mol. The van der Waals surface area contributed by atoms with Gasteiger partial charge in [-0.05, 0) is 44.8 Å². The van der Waals surface area contributed by atoms with Crippen LogP contribution in [0.4, 0.5) is 4.79 Å². The summed E-state index contributed by atoms with van der Waals surface area (Å²) in [7, 11) is 1.86. The molecule has 1 aliphatic heterocycles. The Kier molecular flexibility index (Phi) is 4.07. The van der Waals surface area contributed by atoms with Crippen LogP contribution in [0.15, 0.2) is 0 Å². The topological polar surface area (TPSA) is 44.8 Å². The van der Waals surface area contributed by atoms with Crippen molar-refractivity contribution in [1.82, 2.24) is 15.3 Å². The molecule has 0 unspecified atom stereocenters. The molecule has 0 atom stereocenters. The van der Waals surface area contributed by atoms with Gasteiger partial charge in [-0.25, -0.2) is 15.1 Å². The number of carbonyl (C=O) groups is 1. The van der Waals surface area contributed by atoms with Gasteiger partial charge in [0.15, 0.2) is 5.11 Å². The second-order valence-electron chi connectivity index (χ2n) is 4.93. The molecule has 2 rings (SSSR count). The van der Waals surface area contributed by atoms with Crippen LogP contribution in [0.1, 0.15) is 45.4 Å². The third kappa shape index (κ3) is 2.31. The molecule has 0 aromatic heterocycles. The molecule has 0 aromatic rings. The van der Waals surface area contributed by atoms with Gasteiger partial charge >= 0.3 is 6.09 Å². The molecule has 1 saturated heterocycles. The zero-order valence-corrected chi connectivity index (χ0v) is 11.9. The van der Waals surface area contributed by atoms with Gasteiger partial charge in [-0.15, -0.1) is 0 Å². The van der Waals surface area contributed by atoms with Crippen molar-refractivity contribution >= 4 is 23.4 Å². The van der Waals surface area contributed by atoms with Gasteiger partial charge in [0.25, 0.3) is 0 Å². The molecule has 1 saturated carbocycles. The van der Waals surface area contributed by atoms with Gasteiger partial charge < -0.3 is 4.74 Å². The highest BCUT2D eigenvalue weighted by atomic mass is 32.1. The summed E-state index contributed by atoms with van der Waals surface area (Å²) in [4.78, 5) is 13.8. The molecule has 1 amide bonds. The Bertz CT molecular complexity index is 340. The number of amides is 1. The van der Waals surface area contributed by atoms with E-state index in [1.165, 1.54) is 12.8 Å². The molecule has 0 aromatic carbocycles. The van der Waals surface area contributed by atoms with Crippen molar-refractivity contribution in [3.63, 3.8) is 0 Å². The van der Waals surface area contributed by atoms with E-state index in [2.05, 4.69) is 5.43 Å². The van der Waals surface area contributed by atoms with E-state index in [0.717, 1.165) is 25.7 Å². The number of hydrogen-bond donors (Lipinski definition) is 1. The summed E-state index contributed by atoms with van der Waals surface area (Å²) < 4.78 is 5.15. The lowest BCUT2D eigenvalue weighted by molar-refractivity contribution is 0.0740. The van der Waals surface area contributed by atoms with Crippen molar-refractivity contribution in [2.24, 2.45) is 0 Å². The zero-order chi connectivity index (χ0) is 13.2. The van der Waals surface area contributed by atoms with E-state index in [1.807, 2.05) is 14.0 Å². The molecule has 1 spiro atoms. The zero-order valence-electron chi connectivity index (χ0n) is 11.1. The lowest BCUT2D eigenvalue weighted by Crippen LogP contribution is -2.54. The summed E-state index contributed by atoms with van der Waals surface area (Å²) >= 11 is 5.34. The minimum Gasteiger partial charge on any atom is -0.449 e. The lowest BCUT2D eigenvalue weighted by Gasteiger charge is -2.34. The van der Waals surface area contributed by atoms with E-state index in [4.69, 9.17) is 17.0 Å². The largest absolute Gasteiger partial charge is 0.449 e. The van der Waals surface area contributed by atoms with E-state index in [1.54, 1.807) is 9.91 Å². The summed E-state index contributed by atoms with van der Waals surface area (Å²) in [6.45, 7) is 2.19. The molecule has 18 heavy (non-hydrogen) atoms. The number of rotatable bonds is 1. The Balaban J connectivity index is 2.25. The first-order valence-corrected chi connectivity index (χ1v) is 7.04. The molecule has 1 heterocycles. The van der Waals surface area contributed by atoms with Crippen molar-refractivity contribution < 1.29 is 9.53 Å². The summed E-state index contributed by atoms with van der Waals surface area (Å²) in [6.07, 6.45) is 6.18. The number of nitrogens with zero attached hydrogens (tertiary/aromatic N) is 2. The van der Waals surface area contributed by atoms with Crippen LogP contribution in [0.5, 0.6) is 0 Å². The Morgan fingerprint density at radius 2 is 2.00 bits per heavy atom. The monoisotopic (exact) mass is 271 g/mol. The molecule has 6 heteroatoms. The third-order valence-electron chi connectivity index (χ3n) is 3.66. The van der Waals surface area contributed by atoms with Crippen molar-refractivity contribution in [2.45, 2.75) is 51.1 Å². The van der Waals surface area contributed by atoms with Crippen LogP contribution in [-0.2, 0) is 4.74 Å². The highest BCUT2D eigenvalue weighted by molar-refractivity contribution is 7.80. The first kappa shape index (κ1) is 13.5. The summed E-state index contributed by atoms with van der Waals surface area (Å²) in [5.74, 6) is 0. The maximum absolute atomic E-state index is 12.1. The second-order valence-corrected chi connectivity index (χ2v) is 5.30. The highest BCUT2D eigenvalue weighted by Gasteiger charge is 2.49. The van der Waals surface area contributed by atoms with Crippen molar-refractivity contribution in [3.05, 3.63) is 0 Å². The van der Waals surface area contributed by atoms with Gasteiger partial charge in [-0.1, -0.05) is 12.8 Å². The quantitative estimate of drug-likeness (QED) is 0.741. The van der Waals surface area contributed by atoms with Crippen LogP contribution in [0, 0.1) is 0 Å². The molecule has 0 radical (unpaired) electrons. The maximum Gasteiger partial charge on any atom is 0.417 e. The normalized spacial score (nSPS) is 23.3. The van der Waals surface area contributed by atoms with Crippen molar-refractivity contribution in [2.75, 3.05) is 13.7 Å². The van der Waals surface area contributed by atoms with Crippen molar-refractivity contribution in [3.8, 4) is 0 Å². The summed E-state index contributed by atoms with van der Waals surface area (Å²) in [5.41, 5.74) is 3.00. The predicted octanol–water partition coefficient (Wildman–Crippen LogP) is 2.23. The minimum absolute atomic E-state index is 0.332. The molecule has 5 nitrogen and oxygen atoms in total. The van der Waals surface area contributed by atoms with Crippen LogP contribution < -0.4 is 5.43 Å². The Morgan fingerprint density at radius 1 is 1.39 bits per heavy atom. The number of ether oxygens (including phenoxy) is 1. The maximum atomic E-state index is 12.1. The Hall–Kier alpha value is -0.880. The number of nitrogens with one attached hydrogen (secondary N) is 1. The van der Waals surface area contributed by atoms with Gasteiger partial charge in [-0.2, -0.15) is 0 Å². The van der Waals surface area contributed by atoms with Gasteiger partial charge in [0.2, 0.25) is 0 Å². The Labute approximate surface area is 113 Å². The van der Waals surface area contributed by atoms with E-state index in [0.29, 0.717) is 11.7 Å². The number of hydrazine groups is 1. The average molecular weight is 271 g/mol. The molecule has 102 valence electrons. The molecule has 1 aliphatic carbocycles. The fourth-order valence-corrected chi connectivity index (χ4v) is 3.13. The first-order chi connectivity index (χ1) is 8.60. The average Bonchev–Trinajstić information content (AvgIpc) is 2.50. The van der Waals surface area contributed by atoms with Gasteiger partial charge in [0.05, 0.1) is 6.61 Å². The molecule has 2 fully saturated rings. The number of hydrogen-bond acceptors (Lipinski definition) is 4. The van der Waals surface area contributed by atoms with Gasteiger partial charge in [0, 0.05) is 7.05 Å². The predicted molar refractivity (Wildman–Crippen MR) is 72.8 cm³/mol. The SMILES string of the molecule is CCOC(=O)N1C(=S)N(C)NC12CCCCCC2. The summed E-state index contributed by atoms with van der Waals surface area (Å²) in [6, 6.07) is 0. The molecule has 2 aliphatic rings. The lowest BCUT2D eigenvalue weighted by atomic mass is 10.0. The van der Waals surface area contributed by atoms with E-state index < -0.39 is 0 Å². The standard InChI is InChI=1S/C12H21N3O2S/c1-3-17-11(16)15-10(18)14(2)13-12(15)8-6-4-5-7-9-12/h13H,3-9H2,1-2H3. The first-order valence-electron chi connectivity index (χ1n) is 6.63. The van der Waals surface area contributed by atoms with E-state index in [9.17, 15) is 4.79 Å². The van der Waals surface area contributed by atoms with Crippen molar-refractivity contribution in [1.29, 1.82) is 0 Å². The van der Waals surface area contributed by atoms with Crippen LogP contribution in [0.2, 0.25) is 0 Å². The van der Waals surface area contributed by atoms with E-state index in [-0.39, 0.29) is 11.8 Å².